The molecular formula is C16H25N3O2. The van der Waals surface area contributed by atoms with E-state index in [-0.39, 0.29) is 11.8 Å². The van der Waals surface area contributed by atoms with Gasteiger partial charge in [0.15, 0.2) is 0 Å². The van der Waals surface area contributed by atoms with Gasteiger partial charge in [0.05, 0.1) is 6.04 Å². The van der Waals surface area contributed by atoms with Crippen LogP contribution in [0, 0.1) is 5.92 Å². The Morgan fingerprint density at radius 2 is 1.81 bits per heavy atom. The predicted molar refractivity (Wildman–Crippen MR) is 83.7 cm³/mol. The van der Waals surface area contributed by atoms with Crippen LogP contribution >= 0.6 is 0 Å². The number of carbonyl (C=O) groups is 2. The van der Waals surface area contributed by atoms with Crippen LogP contribution in [-0.4, -0.2) is 36.9 Å². The number of benzene rings is 1. The first kappa shape index (κ1) is 17.2. The average Bonchev–Trinajstić information content (AvgIpc) is 2.45. The first-order valence-corrected chi connectivity index (χ1v) is 7.16. The molecule has 5 nitrogen and oxygen atoms in total. The number of nitrogens with two attached hydrogens (primary N) is 1. The van der Waals surface area contributed by atoms with Crippen LogP contribution in [0.2, 0.25) is 0 Å². The van der Waals surface area contributed by atoms with Crippen molar-refractivity contribution in [3.63, 3.8) is 0 Å². The smallest absolute Gasteiger partial charge is 0.251 e. The molecule has 3 N–H and O–H groups in total. The zero-order valence-electron chi connectivity index (χ0n) is 13.2. The van der Waals surface area contributed by atoms with Crippen molar-refractivity contribution in [1.29, 1.82) is 0 Å². The van der Waals surface area contributed by atoms with Crippen molar-refractivity contribution >= 4 is 11.8 Å². The van der Waals surface area contributed by atoms with E-state index in [4.69, 9.17) is 5.73 Å². The maximum absolute atomic E-state index is 12.1. The Bertz CT molecular complexity index is 483. The molecule has 0 unspecified atom stereocenters. The molecular weight excluding hydrogens is 266 g/mol. The molecule has 0 aromatic heterocycles. The summed E-state index contributed by atoms with van der Waals surface area (Å²) in [6.45, 7) is 4.58. The Morgan fingerprint density at radius 3 is 2.29 bits per heavy atom. The van der Waals surface area contributed by atoms with Gasteiger partial charge in [-0.05, 0) is 30.0 Å². The molecule has 0 aliphatic heterocycles. The Hall–Kier alpha value is -1.88. The third-order valence-corrected chi connectivity index (χ3v) is 3.28. The molecule has 0 aliphatic rings. The summed E-state index contributed by atoms with van der Waals surface area (Å²) in [5.74, 6) is 0.216. The van der Waals surface area contributed by atoms with E-state index in [1.165, 1.54) is 0 Å². The summed E-state index contributed by atoms with van der Waals surface area (Å²) in [7, 11) is 3.34. The van der Waals surface area contributed by atoms with Crippen LogP contribution in [0.4, 0.5) is 0 Å². The molecule has 2 amide bonds. The van der Waals surface area contributed by atoms with E-state index >= 15 is 0 Å². The molecule has 0 heterocycles. The normalized spacial score (nSPS) is 12.1. The summed E-state index contributed by atoms with van der Waals surface area (Å²) < 4.78 is 0. The van der Waals surface area contributed by atoms with Crippen molar-refractivity contribution < 1.29 is 9.59 Å². The molecule has 1 rings (SSSR count). The van der Waals surface area contributed by atoms with Gasteiger partial charge in [0, 0.05) is 26.2 Å². The Kier molecular flexibility index (Phi) is 6.37. The lowest BCUT2D eigenvalue weighted by atomic mass is 10.0. The molecule has 0 fully saturated rings. The summed E-state index contributed by atoms with van der Waals surface area (Å²) in [5.41, 5.74) is 7.48. The highest BCUT2D eigenvalue weighted by molar-refractivity contribution is 5.93. The van der Waals surface area contributed by atoms with Gasteiger partial charge in [0.2, 0.25) is 5.91 Å². The maximum Gasteiger partial charge on any atom is 0.251 e. The number of rotatable bonds is 6. The van der Waals surface area contributed by atoms with Crippen molar-refractivity contribution in [3.8, 4) is 0 Å². The minimum Gasteiger partial charge on any atom is -0.355 e. The van der Waals surface area contributed by atoms with E-state index in [0.29, 0.717) is 24.4 Å². The van der Waals surface area contributed by atoms with Gasteiger partial charge in [-0.15, -0.1) is 0 Å². The fraction of sp³-hybridized carbons (Fsp3) is 0.500. The maximum atomic E-state index is 12.1. The second-order valence-electron chi connectivity index (χ2n) is 5.71. The van der Waals surface area contributed by atoms with Gasteiger partial charge in [-0.25, -0.2) is 0 Å². The molecule has 0 saturated heterocycles. The van der Waals surface area contributed by atoms with Crippen LogP contribution in [-0.2, 0) is 11.3 Å². The van der Waals surface area contributed by atoms with Crippen molar-refractivity contribution in [2.75, 3.05) is 14.1 Å². The molecule has 0 saturated carbocycles. The number of hydrogen-bond donors (Lipinski definition) is 2. The van der Waals surface area contributed by atoms with Crippen LogP contribution in [0.5, 0.6) is 0 Å². The summed E-state index contributed by atoms with van der Waals surface area (Å²) in [6.07, 6.45) is 0.679. The standard InChI is InChI=1S/C16H25N3O2/c1-11(2)9-14(17)16(21)19(4)10-12-5-7-13(8-6-12)15(20)18-3/h5-8,11,14H,9-10,17H2,1-4H3,(H,18,20)/t14-/m0/s1. The lowest BCUT2D eigenvalue weighted by Crippen LogP contribution is -2.42. The monoisotopic (exact) mass is 291 g/mol. The largest absolute Gasteiger partial charge is 0.355 e. The summed E-state index contributed by atoms with van der Waals surface area (Å²) in [5, 5.41) is 2.57. The summed E-state index contributed by atoms with van der Waals surface area (Å²) in [6, 6.07) is 6.74. The van der Waals surface area contributed by atoms with Crippen molar-refractivity contribution in [2.24, 2.45) is 11.7 Å². The Balaban J connectivity index is 2.64. The van der Waals surface area contributed by atoms with Gasteiger partial charge in [0.1, 0.15) is 0 Å². The van der Waals surface area contributed by atoms with E-state index < -0.39 is 6.04 Å². The van der Waals surface area contributed by atoms with Crippen LogP contribution in [0.25, 0.3) is 0 Å². The lowest BCUT2D eigenvalue weighted by molar-refractivity contribution is -0.132. The molecule has 0 radical (unpaired) electrons. The Labute approximate surface area is 126 Å². The molecule has 116 valence electrons. The van der Waals surface area contributed by atoms with Gasteiger partial charge >= 0.3 is 0 Å². The molecule has 1 atom stereocenters. The quantitative estimate of drug-likeness (QED) is 0.831. The number of hydrogen-bond acceptors (Lipinski definition) is 3. The number of carbonyl (C=O) groups excluding carboxylic acids is 2. The molecule has 5 heteroatoms. The highest BCUT2D eigenvalue weighted by Gasteiger charge is 2.19. The third kappa shape index (κ3) is 5.19. The molecule has 0 aliphatic carbocycles. The molecule has 1 aromatic rings. The highest BCUT2D eigenvalue weighted by atomic mass is 16.2. The third-order valence-electron chi connectivity index (χ3n) is 3.28. The van der Waals surface area contributed by atoms with Gasteiger partial charge in [0.25, 0.3) is 5.91 Å². The molecule has 21 heavy (non-hydrogen) atoms. The van der Waals surface area contributed by atoms with Crippen molar-refractivity contribution in [2.45, 2.75) is 32.9 Å². The van der Waals surface area contributed by atoms with E-state index in [1.807, 2.05) is 26.0 Å². The van der Waals surface area contributed by atoms with E-state index in [1.54, 1.807) is 31.1 Å². The van der Waals surface area contributed by atoms with Crippen LogP contribution in [0.3, 0.4) is 0 Å². The predicted octanol–water partition coefficient (Wildman–Crippen LogP) is 1.38. The second kappa shape index (κ2) is 7.78. The SMILES string of the molecule is CNC(=O)c1ccc(CN(C)C(=O)[C@@H](N)CC(C)C)cc1. The molecule has 1 aromatic carbocycles. The van der Waals surface area contributed by atoms with Crippen molar-refractivity contribution in [3.05, 3.63) is 35.4 Å². The van der Waals surface area contributed by atoms with Gasteiger partial charge in [-0.1, -0.05) is 26.0 Å². The minimum absolute atomic E-state index is 0.0564. The second-order valence-corrected chi connectivity index (χ2v) is 5.71. The summed E-state index contributed by atoms with van der Waals surface area (Å²) in [4.78, 5) is 25.2. The summed E-state index contributed by atoms with van der Waals surface area (Å²) >= 11 is 0. The fourth-order valence-corrected chi connectivity index (χ4v) is 2.15. The lowest BCUT2D eigenvalue weighted by Gasteiger charge is -2.22. The van der Waals surface area contributed by atoms with E-state index in [0.717, 1.165) is 5.56 Å². The Morgan fingerprint density at radius 1 is 1.24 bits per heavy atom. The van der Waals surface area contributed by atoms with E-state index in [2.05, 4.69) is 5.32 Å². The van der Waals surface area contributed by atoms with Gasteiger partial charge in [-0.3, -0.25) is 9.59 Å². The first-order chi connectivity index (χ1) is 9.85. The average molecular weight is 291 g/mol. The number of amides is 2. The van der Waals surface area contributed by atoms with Gasteiger partial charge in [-0.2, -0.15) is 0 Å². The zero-order valence-corrected chi connectivity index (χ0v) is 13.2. The van der Waals surface area contributed by atoms with Crippen molar-refractivity contribution in [1.82, 2.24) is 10.2 Å². The zero-order chi connectivity index (χ0) is 16.0. The molecule has 0 bridgehead atoms. The number of nitrogens with one attached hydrogen (secondary N) is 1. The minimum atomic E-state index is -0.458. The highest BCUT2D eigenvalue weighted by Crippen LogP contribution is 2.10. The first-order valence-electron chi connectivity index (χ1n) is 7.16. The van der Waals surface area contributed by atoms with Crippen LogP contribution in [0.1, 0.15) is 36.2 Å². The number of nitrogens with zero attached hydrogens (tertiary/aromatic N) is 1. The van der Waals surface area contributed by atoms with Crippen LogP contribution in [0.15, 0.2) is 24.3 Å². The number of likely N-dealkylation sites (N-methyl/N-ethyl adjacent to an activating group) is 1. The van der Waals surface area contributed by atoms with Crippen LogP contribution < -0.4 is 11.1 Å². The fourth-order valence-electron chi connectivity index (χ4n) is 2.15. The topological polar surface area (TPSA) is 75.4 Å². The molecule has 0 spiro atoms. The van der Waals surface area contributed by atoms with E-state index in [9.17, 15) is 9.59 Å². The van der Waals surface area contributed by atoms with Gasteiger partial charge < -0.3 is 16.0 Å².